The van der Waals surface area contributed by atoms with Gasteiger partial charge in [0.25, 0.3) is 0 Å². The third-order valence-corrected chi connectivity index (χ3v) is 3.73. The Morgan fingerprint density at radius 3 is 2.67 bits per heavy atom. The third kappa shape index (κ3) is 1.17. The molecule has 68 valence electrons. The van der Waals surface area contributed by atoms with Crippen LogP contribution in [0.5, 0.6) is 0 Å². The predicted molar refractivity (Wildman–Crippen MR) is 49.1 cm³/mol. The van der Waals surface area contributed by atoms with Gasteiger partial charge >= 0.3 is 0 Å². The van der Waals surface area contributed by atoms with Crippen molar-refractivity contribution in [2.24, 2.45) is 11.3 Å². The van der Waals surface area contributed by atoms with E-state index in [1.54, 1.807) is 0 Å². The average molecular weight is 166 g/mol. The molecule has 0 bridgehead atoms. The molecule has 2 heteroatoms. The summed E-state index contributed by atoms with van der Waals surface area (Å²) in [6.45, 7) is 6.73. The number of hydrogen-bond donors (Lipinski definition) is 1. The van der Waals surface area contributed by atoms with Gasteiger partial charge in [-0.05, 0) is 31.7 Å². The van der Waals surface area contributed by atoms with Gasteiger partial charge in [0.2, 0.25) is 0 Å². The second kappa shape index (κ2) is 2.46. The fraction of sp³-hybridized carbons (Fsp3) is 1.00. The van der Waals surface area contributed by atoms with Gasteiger partial charge in [-0.1, -0.05) is 0 Å². The Labute approximate surface area is 74.3 Å². The summed E-state index contributed by atoms with van der Waals surface area (Å²) in [7, 11) is 0. The van der Waals surface area contributed by atoms with E-state index in [0.29, 0.717) is 0 Å². The molecule has 2 nitrogen and oxygen atoms in total. The molecule has 0 atom stereocenters. The Morgan fingerprint density at radius 2 is 2.17 bits per heavy atom. The topological polar surface area (TPSA) is 15.3 Å². The average Bonchev–Trinajstić information content (AvgIpc) is 2.65. The summed E-state index contributed by atoms with van der Waals surface area (Å²) in [5, 5.41) is 3.41. The molecule has 3 rings (SSSR count). The van der Waals surface area contributed by atoms with E-state index in [4.69, 9.17) is 0 Å². The van der Waals surface area contributed by atoms with Crippen LogP contribution in [0.2, 0.25) is 0 Å². The molecule has 0 radical (unpaired) electrons. The van der Waals surface area contributed by atoms with Crippen molar-refractivity contribution in [3.8, 4) is 0 Å². The Hall–Kier alpha value is -0.0800. The molecular formula is C10H18N2. The summed E-state index contributed by atoms with van der Waals surface area (Å²) in [5.74, 6) is 1.08. The van der Waals surface area contributed by atoms with E-state index in [0.717, 1.165) is 11.3 Å². The molecule has 1 N–H and O–H groups in total. The summed E-state index contributed by atoms with van der Waals surface area (Å²) in [4.78, 5) is 2.69. The first-order valence-corrected chi connectivity index (χ1v) is 5.29. The van der Waals surface area contributed by atoms with E-state index in [9.17, 15) is 0 Å². The summed E-state index contributed by atoms with van der Waals surface area (Å²) < 4.78 is 0. The van der Waals surface area contributed by atoms with Gasteiger partial charge in [0.15, 0.2) is 0 Å². The maximum absolute atomic E-state index is 3.41. The van der Waals surface area contributed by atoms with E-state index in [2.05, 4.69) is 10.2 Å². The Balaban J connectivity index is 1.55. The van der Waals surface area contributed by atoms with Crippen LogP contribution in [0.4, 0.5) is 0 Å². The normalized spacial score (nSPS) is 34.0. The molecule has 0 aromatic rings. The number of hydrogen-bond acceptors (Lipinski definition) is 2. The Kier molecular flexibility index (Phi) is 1.50. The molecule has 2 heterocycles. The van der Waals surface area contributed by atoms with Crippen LogP contribution in [-0.2, 0) is 0 Å². The van der Waals surface area contributed by atoms with Crippen LogP contribution < -0.4 is 5.32 Å². The minimum absolute atomic E-state index is 0.717. The van der Waals surface area contributed by atoms with Gasteiger partial charge in [0, 0.05) is 31.6 Å². The standard InChI is InChI=1S/C10H18N2/c1-2-9(1)5-12-4-3-10(8-12)6-11-7-10/h9,11H,1-8H2. The van der Waals surface area contributed by atoms with E-state index in [1.165, 1.54) is 52.0 Å². The first-order valence-electron chi connectivity index (χ1n) is 5.29. The van der Waals surface area contributed by atoms with Gasteiger partial charge in [0.05, 0.1) is 0 Å². The highest BCUT2D eigenvalue weighted by atomic mass is 15.2. The molecule has 0 aromatic carbocycles. The van der Waals surface area contributed by atoms with E-state index in [-0.39, 0.29) is 0 Å². The van der Waals surface area contributed by atoms with Crippen molar-refractivity contribution in [1.29, 1.82) is 0 Å². The molecule has 0 amide bonds. The summed E-state index contributed by atoms with van der Waals surface area (Å²) in [6.07, 6.45) is 4.45. The molecule has 3 aliphatic rings. The fourth-order valence-electron chi connectivity index (χ4n) is 2.62. The monoisotopic (exact) mass is 166 g/mol. The highest BCUT2D eigenvalue weighted by Gasteiger charge is 2.43. The van der Waals surface area contributed by atoms with Crippen molar-refractivity contribution in [3.05, 3.63) is 0 Å². The van der Waals surface area contributed by atoms with Crippen LogP contribution >= 0.6 is 0 Å². The summed E-state index contributed by atoms with van der Waals surface area (Å²) in [6, 6.07) is 0. The highest BCUT2D eigenvalue weighted by Crippen LogP contribution is 2.37. The van der Waals surface area contributed by atoms with Crippen LogP contribution in [0.15, 0.2) is 0 Å². The Morgan fingerprint density at radius 1 is 1.33 bits per heavy atom. The lowest BCUT2D eigenvalue weighted by molar-refractivity contribution is 0.167. The van der Waals surface area contributed by atoms with Gasteiger partial charge in [-0.3, -0.25) is 0 Å². The zero-order chi connectivity index (χ0) is 8.02. The lowest BCUT2D eigenvalue weighted by atomic mass is 9.81. The van der Waals surface area contributed by atoms with Crippen LogP contribution in [0.25, 0.3) is 0 Å². The largest absolute Gasteiger partial charge is 0.315 e. The molecule has 0 aromatic heterocycles. The molecule has 1 spiro atoms. The van der Waals surface area contributed by atoms with Crippen molar-refractivity contribution in [3.63, 3.8) is 0 Å². The summed E-state index contributed by atoms with van der Waals surface area (Å²) >= 11 is 0. The molecule has 2 saturated heterocycles. The molecule has 1 aliphatic carbocycles. The molecule has 3 fully saturated rings. The van der Waals surface area contributed by atoms with Crippen molar-refractivity contribution >= 4 is 0 Å². The third-order valence-electron chi connectivity index (χ3n) is 3.73. The summed E-state index contributed by atoms with van der Waals surface area (Å²) in [5.41, 5.74) is 0.717. The number of rotatable bonds is 2. The smallest absolute Gasteiger partial charge is 0.00918 e. The molecule has 2 aliphatic heterocycles. The second-order valence-corrected chi connectivity index (χ2v) is 5.03. The maximum Gasteiger partial charge on any atom is 0.00918 e. The van der Waals surface area contributed by atoms with Crippen molar-refractivity contribution in [2.75, 3.05) is 32.7 Å². The lowest BCUT2D eigenvalue weighted by Gasteiger charge is -2.39. The predicted octanol–water partition coefficient (Wildman–Crippen LogP) is 0.692. The van der Waals surface area contributed by atoms with Crippen molar-refractivity contribution in [1.82, 2.24) is 10.2 Å². The molecule has 0 unspecified atom stereocenters. The molecule has 12 heavy (non-hydrogen) atoms. The van der Waals surface area contributed by atoms with Crippen LogP contribution in [-0.4, -0.2) is 37.6 Å². The molecular weight excluding hydrogens is 148 g/mol. The van der Waals surface area contributed by atoms with Gasteiger partial charge in [-0.15, -0.1) is 0 Å². The van der Waals surface area contributed by atoms with E-state index < -0.39 is 0 Å². The highest BCUT2D eigenvalue weighted by molar-refractivity contribution is 5.00. The second-order valence-electron chi connectivity index (χ2n) is 5.03. The molecule has 1 saturated carbocycles. The SMILES string of the molecule is C1CC1CN1CCC2(CNC2)C1. The zero-order valence-corrected chi connectivity index (χ0v) is 7.68. The van der Waals surface area contributed by atoms with E-state index in [1.807, 2.05) is 0 Å². The minimum Gasteiger partial charge on any atom is -0.315 e. The van der Waals surface area contributed by atoms with Crippen molar-refractivity contribution < 1.29 is 0 Å². The number of nitrogens with zero attached hydrogens (tertiary/aromatic N) is 1. The van der Waals surface area contributed by atoms with Crippen LogP contribution in [0.3, 0.4) is 0 Å². The van der Waals surface area contributed by atoms with E-state index >= 15 is 0 Å². The van der Waals surface area contributed by atoms with Crippen LogP contribution in [0.1, 0.15) is 19.3 Å². The van der Waals surface area contributed by atoms with Gasteiger partial charge in [0.1, 0.15) is 0 Å². The number of nitrogens with one attached hydrogen (secondary N) is 1. The zero-order valence-electron chi connectivity index (χ0n) is 7.68. The lowest BCUT2D eigenvalue weighted by Crippen LogP contribution is -2.54. The van der Waals surface area contributed by atoms with Crippen molar-refractivity contribution in [2.45, 2.75) is 19.3 Å². The fourth-order valence-corrected chi connectivity index (χ4v) is 2.62. The minimum atomic E-state index is 0.717. The van der Waals surface area contributed by atoms with Crippen LogP contribution in [0, 0.1) is 11.3 Å². The number of likely N-dealkylation sites (tertiary alicyclic amines) is 1. The maximum atomic E-state index is 3.41. The van der Waals surface area contributed by atoms with Gasteiger partial charge in [-0.25, -0.2) is 0 Å². The van der Waals surface area contributed by atoms with Gasteiger partial charge < -0.3 is 10.2 Å². The quantitative estimate of drug-likeness (QED) is 0.649. The van der Waals surface area contributed by atoms with Gasteiger partial charge in [-0.2, -0.15) is 0 Å². The Bertz CT molecular complexity index is 182. The first kappa shape index (κ1) is 7.34. The first-order chi connectivity index (χ1) is 5.86.